The third kappa shape index (κ3) is 2.10. The van der Waals surface area contributed by atoms with Crippen LogP contribution in [0.15, 0.2) is 21.8 Å². The lowest BCUT2D eigenvalue weighted by molar-refractivity contribution is 0.577. The van der Waals surface area contributed by atoms with E-state index in [1.165, 1.54) is 11.8 Å². The molecule has 0 aliphatic heterocycles. The van der Waals surface area contributed by atoms with E-state index in [1.54, 1.807) is 6.26 Å². The Bertz CT molecular complexity index is 600. The summed E-state index contributed by atoms with van der Waals surface area (Å²) in [7, 11) is 0. The largest absolute Gasteiger partial charge is 0.462 e. The number of rotatable bonds is 2. The molecule has 0 unspecified atom stereocenters. The summed E-state index contributed by atoms with van der Waals surface area (Å²) in [5, 5.41) is 9.72. The molecule has 0 saturated heterocycles. The Kier molecular flexibility index (Phi) is 3.02. The molecule has 2 aromatic heterocycles. The number of nitrogens with zero attached hydrogens (tertiary/aromatic N) is 3. The molecule has 0 atom stereocenters. The predicted molar refractivity (Wildman–Crippen MR) is 65.4 cm³/mol. The maximum atomic E-state index is 9.16. The van der Waals surface area contributed by atoms with E-state index < -0.39 is 0 Å². The van der Waals surface area contributed by atoms with E-state index in [0.717, 1.165) is 5.56 Å². The van der Waals surface area contributed by atoms with Crippen LogP contribution in [0, 0.1) is 18.3 Å². The standard InChI is InChI=1S/C11H10N4OS/c1-6-3-8(16-5-6)9-7(4-12)10(17-2)15-11(13)14-9/h3,5H,1-2H3,(H2,13,14,15). The van der Waals surface area contributed by atoms with Gasteiger partial charge in [-0.1, -0.05) is 0 Å². The van der Waals surface area contributed by atoms with Crippen molar-refractivity contribution in [1.29, 1.82) is 5.26 Å². The number of furan rings is 1. The highest BCUT2D eigenvalue weighted by molar-refractivity contribution is 7.98. The third-order valence-electron chi connectivity index (χ3n) is 2.16. The van der Waals surface area contributed by atoms with Crippen LogP contribution in [0.4, 0.5) is 5.95 Å². The first-order valence-electron chi connectivity index (χ1n) is 4.82. The summed E-state index contributed by atoms with van der Waals surface area (Å²) in [6.07, 6.45) is 3.44. The number of nitrogen functional groups attached to an aromatic ring is 1. The van der Waals surface area contributed by atoms with E-state index in [1.807, 2.05) is 19.2 Å². The topological polar surface area (TPSA) is 88.7 Å². The second kappa shape index (κ2) is 4.47. The van der Waals surface area contributed by atoms with Gasteiger partial charge in [0.2, 0.25) is 5.95 Å². The van der Waals surface area contributed by atoms with Crippen LogP contribution in [0.3, 0.4) is 0 Å². The fourth-order valence-corrected chi connectivity index (χ4v) is 1.97. The summed E-state index contributed by atoms with van der Waals surface area (Å²) in [5.74, 6) is 0.667. The fraction of sp³-hybridized carbons (Fsp3) is 0.182. The summed E-state index contributed by atoms with van der Waals surface area (Å²) >= 11 is 1.35. The maximum absolute atomic E-state index is 9.16. The van der Waals surface area contributed by atoms with Gasteiger partial charge in [0, 0.05) is 0 Å². The average Bonchev–Trinajstić information content (AvgIpc) is 2.74. The van der Waals surface area contributed by atoms with Gasteiger partial charge in [0.15, 0.2) is 5.76 Å². The van der Waals surface area contributed by atoms with Crippen molar-refractivity contribution in [3.8, 4) is 17.5 Å². The number of nitrogens with two attached hydrogens (primary N) is 1. The van der Waals surface area contributed by atoms with E-state index in [2.05, 4.69) is 16.0 Å². The van der Waals surface area contributed by atoms with Crippen molar-refractivity contribution in [1.82, 2.24) is 9.97 Å². The van der Waals surface area contributed by atoms with E-state index >= 15 is 0 Å². The summed E-state index contributed by atoms with van der Waals surface area (Å²) in [6.45, 7) is 1.90. The highest BCUT2D eigenvalue weighted by Crippen LogP contribution is 2.29. The van der Waals surface area contributed by atoms with Gasteiger partial charge < -0.3 is 10.2 Å². The predicted octanol–water partition coefficient (Wildman–Crippen LogP) is 2.22. The van der Waals surface area contributed by atoms with Crippen LogP contribution < -0.4 is 5.73 Å². The van der Waals surface area contributed by atoms with Gasteiger partial charge >= 0.3 is 0 Å². The monoisotopic (exact) mass is 246 g/mol. The highest BCUT2D eigenvalue weighted by atomic mass is 32.2. The first-order chi connectivity index (χ1) is 8.15. The molecule has 2 heterocycles. The molecule has 0 aliphatic carbocycles. The van der Waals surface area contributed by atoms with Crippen molar-refractivity contribution in [2.75, 3.05) is 12.0 Å². The van der Waals surface area contributed by atoms with Crippen molar-refractivity contribution in [3.63, 3.8) is 0 Å². The lowest BCUT2D eigenvalue weighted by Gasteiger charge is -2.04. The van der Waals surface area contributed by atoms with E-state index in [9.17, 15) is 0 Å². The smallest absolute Gasteiger partial charge is 0.221 e. The Morgan fingerprint density at radius 1 is 1.47 bits per heavy atom. The molecule has 0 aliphatic rings. The summed E-state index contributed by atoms with van der Waals surface area (Å²) < 4.78 is 5.34. The fourth-order valence-electron chi connectivity index (χ4n) is 1.44. The lowest BCUT2D eigenvalue weighted by atomic mass is 10.2. The molecule has 0 aromatic carbocycles. The van der Waals surface area contributed by atoms with Crippen LogP contribution in [0.5, 0.6) is 0 Å². The Morgan fingerprint density at radius 2 is 2.24 bits per heavy atom. The van der Waals surface area contributed by atoms with Crippen LogP contribution in [0.1, 0.15) is 11.1 Å². The van der Waals surface area contributed by atoms with E-state index in [-0.39, 0.29) is 5.95 Å². The first kappa shape index (κ1) is 11.5. The molecule has 2 N–H and O–H groups in total. The zero-order valence-corrected chi connectivity index (χ0v) is 10.2. The molecule has 2 rings (SSSR count). The van der Waals surface area contributed by atoms with E-state index in [0.29, 0.717) is 22.0 Å². The van der Waals surface area contributed by atoms with Crippen LogP contribution in [-0.2, 0) is 0 Å². The van der Waals surface area contributed by atoms with Crippen LogP contribution in [0.25, 0.3) is 11.5 Å². The molecule has 0 saturated carbocycles. The van der Waals surface area contributed by atoms with Crippen LogP contribution in [0.2, 0.25) is 0 Å². The quantitative estimate of drug-likeness (QED) is 0.645. The molecule has 17 heavy (non-hydrogen) atoms. The zero-order chi connectivity index (χ0) is 12.4. The molecular weight excluding hydrogens is 236 g/mol. The molecule has 86 valence electrons. The van der Waals surface area contributed by atoms with Crippen molar-refractivity contribution in [2.24, 2.45) is 0 Å². The van der Waals surface area contributed by atoms with Gasteiger partial charge in [0.1, 0.15) is 22.4 Å². The molecule has 6 heteroatoms. The van der Waals surface area contributed by atoms with Gasteiger partial charge in [-0.2, -0.15) is 5.26 Å². The van der Waals surface area contributed by atoms with Crippen LogP contribution in [-0.4, -0.2) is 16.2 Å². The lowest BCUT2D eigenvalue weighted by Crippen LogP contribution is -2.01. The molecule has 2 aromatic rings. The van der Waals surface area contributed by atoms with Crippen molar-refractivity contribution >= 4 is 17.7 Å². The molecule has 0 bridgehead atoms. The number of hydrogen-bond acceptors (Lipinski definition) is 6. The second-order valence-corrected chi connectivity index (χ2v) is 4.21. The summed E-state index contributed by atoms with van der Waals surface area (Å²) in [6, 6.07) is 3.90. The van der Waals surface area contributed by atoms with Crippen molar-refractivity contribution in [2.45, 2.75) is 11.9 Å². The number of hydrogen-bond donors (Lipinski definition) is 1. The maximum Gasteiger partial charge on any atom is 0.221 e. The van der Waals surface area contributed by atoms with Gasteiger partial charge in [0.05, 0.1) is 6.26 Å². The molecule has 0 amide bonds. The van der Waals surface area contributed by atoms with Crippen molar-refractivity contribution < 1.29 is 4.42 Å². The van der Waals surface area contributed by atoms with Gasteiger partial charge in [-0.05, 0) is 24.8 Å². The minimum absolute atomic E-state index is 0.136. The Morgan fingerprint density at radius 3 is 2.76 bits per heavy atom. The molecular formula is C11H10N4OS. The number of thioether (sulfide) groups is 1. The third-order valence-corrected chi connectivity index (χ3v) is 2.84. The Balaban J connectivity index is 2.68. The SMILES string of the molecule is CSc1nc(N)nc(-c2cc(C)co2)c1C#N. The van der Waals surface area contributed by atoms with Gasteiger partial charge in [-0.25, -0.2) is 9.97 Å². The molecule has 0 radical (unpaired) electrons. The zero-order valence-electron chi connectivity index (χ0n) is 9.39. The van der Waals surface area contributed by atoms with Crippen molar-refractivity contribution in [3.05, 3.63) is 23.5 Å². The van der Waals surface area contributed by atoms with E-state index in [4.69, 9.17) is 15.4 Å². The molecule has 5 nitrogen and oxygen atoms in total. The average molecular weight is 246 g/mol. The number of aromatic nitrogens is 2. The minimum Gasteiger partial charge on any atom is -0.462 e. The number of anilines is 1. The highest BCUT2D eigenvalue weighted by Gasteiger charge is 2.16. The minimum atomic E-state index is 0.136. The normalized spacial score (nSPS) is 10.2. The molecule has 0 fully saturated rings. The van der Waals surface area contributed by atoms with Crippen LogP contribution >= 0.6 is 11.8 Å². The number of nitriles is 1. The molecule has 0 spiro atoms. The van der Waals surface area contributed by atoms with Gasteiger partial charge in [0.25, 0.3) is 0 Å². The summed E-state index contributed by atoms with van der Waals surface area (Å²) in [5.41, 5.74) is 7.41. The Hall–Kier alpha value is -2.00. The van der Waals surface area contributed by atoms with Gasteiger partial charge in [-0.15, -0.1) is 11.8 Å². The second-order valence-electron chi connectivity index (χ2n) is 3.41. The number of aryl methyl sites for hydroxylation is 1. The Labute approximate surface area is 103 Å². The first-order valence-corrected chi connectivity index (χ1v) is 6.05. The van der Waals surface area contributed by atoms with Gasteiger partial charge in [-0.3, -0.25) is 0 Å². The summed E-state index contributed by atoms with van der Waals surface area (Å²) in [4.78, 5) is 8.09.